The van der Waals surface area contributed by atoms with Crippen LogP contribution in [0.15, 0.2) is 0 Å². The summed E-state index contributed by atoms with van der Waals surface area (Å²) in [6.45, 7) is -0.696. The molecule has 0 fully saturated rings. The van der Waals surface area contributed by atoms with E-state index in [1.807, 2.05) is 0 Å². The van der Waals surface area contributed by atoms with E-state index in [2.05, 4.69) is 18.8 Å². The first-order valence-electron chi connectivity index (χ1n) is 6.05. The molecule has 0 amide bonds. The van der Waals surface area contributed by atoms with Crippen molar-refractivity contribution in [3.63, 3.8) is 0 Å². The lowest BCUT2D eigenvalue weighted by Gasteiger charge is -2.13. The van der Waals surface area contributed by atoms with Gasteiger partial charge < -0.3 is 29.3 Å². The number of carbonyl (C=O) groups is 2. The van der Waals surface area contributed by atoms with E-state index < -0.39 is 35.8 Å². The van der Waals surface area contributed by atoms with Crippen molar-refractivity contribution in [2.45, 2.75) is 5.25 Å². The first kappa shape index (κ1) is 21.9. The van der Waals surface area contributed by atoms with Gasteiger partial charge in [-0.25, -0.2) is 9.59 Å². The highest BCUT2D eigenvalue weighted by molar-refractivity contribution is 7.96. The zero-order chi connectivity index (χ0) is 17.6. The van der Waals surface area contributed by atoms with Crippen LogP contribution in [0.2, 0.25) is 0 Å². The Hall–Kier alpha value is -1.09. The zero-order valence-corrected chi connectivity index (χ0v) is 12.6. The summed E-state index contributed by atoms with van der Waals surface area (Å²) >= 11 is -0.871. The molecule has 1 N–H and O–H groups in total. The third-order valence-electron chi connectivity index (χ3n) is 1.82. The number of halogens is 2. The van der Waals surface area contributed by atoms with E-state index in [9.17, 15) is 23.6 Å². The van der Waals surface area contributed by atoms with E-state index in [4.69, 9.17) is 14.6 Å². The fourth-order valence-corrected chi connectivity index (χ4v) is 1.18. The lowest BCUT2D eigenvalue weighted by molar-refractivity contribution is -0.777. The normalized spacial score (nSPS) is 11.3. The molecule has 0 saturated carbocycles. The van der Waals surface area contributed by atoms with E-state index in [0.717, 1.165) is 0 Å². The van der Waals surface area contributed by atoms with Gasteiger partial charge in [-0.3, -0.25) is 5.04 Å². The average molecular weight is 365 g/mol. The first-order valence-corrected chi connectivity index (χ1v) is 6.79. The van der Waals surface area contributed by atoms with Gasteiger partial charge in [0.15, 0.2) is 6.61 Å². The molecule has 0 unspecified atom stereocenters. The Morgan fingerprint density at radius 2 is 1.65 bits per heavy atom. The summed E-state index contributed by atoms with van der Waals surface area (Å²) in [4.78, 5) is 22.0. The minimum absolute atomic E-state index is 0.0167. The molecule has 0 heterocycles. The van der Waals surface area contributed by atoms with Gasteiger partial charge in [0.1, 0.15) is 18.6 Å². The quantitative estimate of drug-likeness (QED) is 0.128. The smallest absolute Gasteiger partial charge is 0.415 e. The highest BCUT2D eigenvalue weighted by Gasteiger charge is 2.44. The van der Waals surface area contributed by atoms with E-state index in [1.165, 1.54) is 0 Å². The fourth-order valence-electron chi connectivity index (χ4n) is 0.942. The second-order valence-electron chi connectivity index (χ2n) is 3.48. The van der Waals surface area contributed by atoms with Crippen LogP contribution in [0.5, 0.6) is 0 Å². The van der Waals surface area contributed by atoms with Crippen molar-refractivity contribution in [3.8, 4) is 0 Å². The molecule has 0 aliphatic heterocycles. The summed E-state index contributed by atoms with van der Waals surface area (Å²) in [7, 11) is 0. The van der Waals surface area contributed by atoms with Crippen LogP contribution in [-0.2, 0) is 37.9 Å². The summed E-state index contributed by atoms with van der Waals surface area (Å²) < 4.78 is 47.4. The molecule has 23 heavy (non-hydrogen) atoms. The number of aliphatic hydroxyl groups is 1. The van der Waals surface area contributed by atoms with Crippen LogP contribution in [-0.4, -0.2) is 68.5 Å². The van der Waals surface area contributed by atoms with Gasteiger partial charge in [0, 0.05) is 0 Å². The van der Waals surface area contributed by atoms with Crippen molar-refractivity contribution >= 4 is 24.0 Å². The number of hydrogen-bond acceptors (Lipinski definition) is 11. The maximum atomic E-state index is 12.9. The zero-order valence-electron chi connectivity index (χ0n) is 11.7. The van der Waals surface area contributed by atoms with Crippen molar-refractivity contribution in [2.75, 3.05) is 46.2 Å². The maximum Gasteiger partial charge on any atom is 0.415 e. The van der Waals surface area contributed by atoms with Crippen LogP contribution < -0.4 is 5.26 Å². The molecule has 0 spiro atoms. The van der Waals surface area contributed by atoms with Crippen LogP contribution >= 0.6 is 12.0 Å². The van der Waals surface area contributed by atoms with E-state index in [-0.39, 0.29) is 39.6 Å². The molecule has 0 aliphatic carbocycles. The third kappa shape index (κ3) is 12.1. The number of hydrogen-bond donors (Lipinski definition) is 1. The number of ether oxygens (including phenoxy) is 4. The molecule has 0 aromatic heterocycles. The maximum absolute atomic E-state index is 12.9. The summed E-state index contributed by atoms with van der Waals surface area (Å²) in [6, 6.07) is 0. The van der Waals surface area contributed by atoms with Crippen molar-refractivity contribution in [2.24, 2.45) is 0 Å². The Kier molecular flexibility index (Phi) is 12.7. The Labute approximate surface area is 133 Å². The van der Waals surface area contributed by atoms with Gasteiger partial charge >= 0.3 is 17.2 Å². The van der Waals surface area contributed by atoms with Gasteiger partial charge in [-0.1, -0.05) is 0 Å². The predicted molar refractivity (Wildman–Crippen MR) is 65.3 cm³/mol. The summed E-state index contributed by atoms with van der Waals surface area (Å²) in [5.74, 6) is -3.17. The minimum atomic E-state index is -4.22. The molecular weight excluding hydrogens is 350 g/mol. The standard InChI is InChI=1S/C10H16F2O10S/c11-10(12,23-22-21-16)9(15)20-7-8(14)19-6-5-18-4-3-17-2-1-13/h13,16H,1-7H2/p-1. The van der Waals surface area contributed by atoms with Gasteiger partial charge in [-0.05, 0) is 0 Å². The number of alkyl halides is 2. The monoisotopic (exact) mass is 365 g/mol. The Bertz CT molecular complexity index is 344. The number of aliphatic hydroxyl groups excluding tert-OH is 1. The molecule has 0 saturated heterocycles. The molecule has 0 aromatic rings. The predicted octanol–water partition coefficient (Wildman–Crippen LogP) is -1.44. The fraction of sp³-hybridized carbons (Fsp3) is 0.800. The van der Waals surface area contributed by atoms with Crippen LogP contribution in [0.3, 0.4) is 0 Å². The summed E-state index contributed by atoms with van der Waals surface area (Å²) in [5, 5.41) is 16.2. The largest absolute Gasteiger partial charge is 0.691 e. The highest BCUT2D eigenvalue weighted by atomic mass is 32.2. The van der Waals surface area contributed by atoms with Crippen molar-refractivity contribution in [1.29, 1.82) is 0 Å². The second kappa shape index (κ2) is 13.4. The highest BCUT2D eigenvalue weighted by Crippen LogP contribution is 2.30. The van der Waals surface area contributed by atoms with Gasteiger partial charge in [0.05, 0.1) is 33.0 Å². The second-order valence-corrected chi connectivity index (χ2v) is 4.30. The average Bonchev–Trinajstić information content (AvgIpc) is 2.53. The molecule has 136 valence electrons. The van der Waals surface area contributed by atoms with Gasteiger partial charge in [-0.2, -0.15) is 13.1 Å². The lowest BCUT2D eigenvalue weighted by atomic mass is 10.6. The molecule has 0 radical (unpaired) electrons. The van der Waals surface area contributed by atoms with E-state index >= 15 is 0 Å². The van der Waals surface area contributed by atoms with Crippen LogP contribution in [0, 0.1) is 0 Å². The van der Waals surface area contributed by atoms with Crippen LogP contribution in [0.4, 0.5) is 8.78 Å². The number of rotatable bonds is 14. The van der Waals surface area contributed by atoms with Crippen LogP contribution in [0.1, 0.15) is 0 Å². The van der Waals surface area contributed by atoms with Crippen molar-refractivity contribution in [1.82, 2.24) is 0 Å². The topological polar surface area (TPSA) is 133 Å². The Morgan fingerprint density at radius 1 is 1.04 bits per heavy atom. The summed E-state index contributed by atoms with van der Waals surface area (Å²) in [5.41, 5.74) is 0. The molecule has 10 nitrogen and oxygen atoms in total. The van der Waals surface area contributed by atoms with Crippen molar-refractivity contribution in [3.05, 3.63) is 0 Å². The Morgan fingerprint density at radius 3 is 2.26 bits per heavy atom. The van der Waals surface area contributed by atoms with E-state index in [0.29, 0.717) is 0 Å². The third-order valence-corrected chi connectivity index (χ3v) is 2.32. The van der Waals surface area contributed by atoms with Gasteiger partial charge in [-0.15, -0.1) is 0 Å². The van der Waals surface area contributed by atoms with Crippen LogP contribution in [0.25, 0.3) is 0 Å². The molecule has 0 rings (SSSR count). The summed E-state index contributed by atoms with van der Waals surface area (Å²) in [6.07, 6.45) is 0. The Balaban J connectivity index is 3.65. The molecule has 0 bridgehead atoms. The first-order chi connectivity index (χ1) is 10.9. The SMILES string of the molecule is O=C(COC(=O)C(F)(F)SOO[O-])OCCOCCOCCO. The molecule has 13 heteroatoms. The van der Waals surface area contributed by atoms with Gasteiger partial charge in [0.2, 0.25) is 0 Å². The number of carbonyl (C=O) groups excluding carboxylic acids is 2. The van der Waals surface area contributed by atoms with Gasteiger partial charge in [0.25, 0.3) is 0 Å². The van der Waals surface area contributed by atoms with Crippen molar-refractivity contribution < 1.29 is 57.1 Å². The lowest BCUT2D eigenvalue weighted by Crippen LogP contribution is -2.30. The van der Waals surface area contributed by atoms with E-state index in [1.54, 1.807) is 0 Å². The number of esters is 2. The molecule has 0 aromatic carbocycles. The minimum Gasteiger partial charge on any atom is -0.691 e. The molecule has 0 aliphatic rings. The molecular formula is C10H15F2O10S-. The molecule has 0 atom stereocenters.